The van der Waals surface area contributed by atoms with E-state index < -0.39 is 11.5 Å². The first-order chi connectivity index (χ1) is 17.1. The van der Waals surface area contributed by atoms with Gasteiger partial charge in [-0.25, -0.2) is 15.0 Å². The number of hydrogen-bond acceptors (Lipinski definition) is 8. The van der Waals surface area contributed by atoms with Crippen molar-refractivity contribution in [2.24, 2.45) is 5.41 Å². The Labute approximate surface area is 209 Å². The van der Waals surface area contributed by atoms with Crippen LogP contribution in [0.25, 0.3) is 21.9 Å². The first-order valence-electron chi connectivity index (χ1n) is 12.2. The van der Waals surface area contributed by atoms with E-state index in [2.05, 4.69) is 44.6 Å². The number of nitrogens with zero attached hydrogens (tertiary/aromatic N) is 5. The molecule has 1 saturated carbocycles. The van der Waals surface area contributed by atoms with E-state index in [-0.39, 0.29) is 17.3 Å². The summed E-state index contributed by atoms with van der Waals surface area (Å²) in [4.78, 5) is 13.1. The molecule has 1 aliphatic carbocycles. The van der Waals surface area contributed by atoms with Crippen LogP contribution in [0.1, 0.15) is 51.2 Å². The van der Waals surface area contributed by atoms with E-state index in [9.17, 15) is 5.26 Å². The number of aryl methyl sites for hydroxylation is 1. The Morgan fingerprint density at radius 2 is 1.94 bits per heavy atom. The number of nitriles is 1. The van der Waals surface area contributed by atoms with Crippen molar-refractivity contribution < 1.29 is 9.47 Å². The van der Waals surface area contributed by atoms with Crippen LogP contribution in [0.15, 0.2) is 42.9 Å². The average Bonchev–Trinajstić information content (AvgIpc) is 3.48. The van der Waals surface area contributed by atoms with Gasteiger partial charge in [0, 0.05) is 11.6 Å². The molecule has 3 aromatic heterocycles. The smallest absolute Gasteiger partial charge is 0.176 e. The summed E-state index contributed by atoms with van der Waals surface area (Å²) in [6, 6.07) is 12.0. The number of nitrogen functional groups attached to an aromatic ring is 2. The fourth-order valence-corrected chi connectivity index (χ4v) is 6.07. The van der Waals surface area contributed by atoms with Gasteiger partial charge in [0.05, 0.1) is 16.5 Å². The Kier molecular flexibility index (Phi) is 4.81. The number of ether oxygens (including phenoxy) is 2. The molecule has 2 aliphatic rings. The molecule has 1 saturated heterocycles. The number of fused-ring (bicyclic) bond motifs is 3. The highest BCUT2D eigenvalue weighted by molar-refractivity contribution is 5.86. The van der Waals surface area contributed by atoms with Gasteiger partial charge in [0.25, 0.3) is 0 Å². The lowest BCUT2D eigenvalue weighted by atomic mass is 9.79. The fraction of sp³-hybridized carbons (Fsp3) is 0.407. The fourth-order valence-electron chi connectivity index (χ4n) is 6.07. The molecule has 3 atom stereocenters. The number of rotatable bonds is 4. The Hall–Kier alpha value is -3.74. The third-order valence-electron chi connectivity index (χ3n) is 7.86. The van der Waals surface area contributed by atoms with Crippen LogP contribution in [0.2, 0.25) is 0 Å². The van der Waals surface area contributed by atoms with Crippen molar-refractivity contribution in [1.29, 1.82) is 5.26 Å². The maximum absolute atomic E-state index is 9.23. The van der Waals surface area contributed by atoms with Crippen molar-refractivity contribution in [3.8, 4) is 6.07 Å². The van der Waals surface area contributed by atoms with Gasteiger partial charge in [0.2, 0.25) is 0 Å². The third-order valence-corrected chi connectivity index (χ3v) is 7.86. The molecule has 2 fully saturated rings. The second-order valence-electron chi connectivity index (χ2n) is 10.7. The molecule has 184 valence electrons. The summed E-state index contributed by atoms with van der Waals surface area (Å²) < 4.78 is 15.4. The molecule has 0 radical (unpaired) electrons. The van der Waals surface area contributed by atoms with Gasteiger partial charge in [-0.2, -0.15) is 5.26 Å². The SMILES string of the molecule is CC1(C)O[C@@H]2[C@@](C)(CCc3ccc4cc(C#N)c(N)nc4c3)CC[C@@]2(n2ccc3c(N)ncnc32)O1. The normalized spacial score (nSPS) is 26.9. The summed E-state index contributed by atoms with van der Waals surface area (Å²) in [5, 5.41) is 11.0. The minimum absolute atomic E-state index is 0.130. The van der Waals surface area contributed by atoms with Crippen molar-refractivity contribution in [3.05, 3.63) is 54.0 Å². The Morgan fingerprint density at radius 3 is 2.75 bits per heavy atom. The van der Waals surface area contributed by atoms with Crippen LogP contribution in [-0.4, -0.2) is 31.4 Å². The van der Waals surface area contributed by atoms with Crippen LogP contribution in [0.5, 0.6) is 0 Å². The lowest BCUT2D eigenvalue weighted by Gasteiger charge is -2.35. The summed E-state index contributed by atoms with van der Waals surface area (Å²) in [7, 11) is 0. The van der Waals surface area contributed by atoms with E-state index in [1.807, 2.05) is 32.2 Å². The highest BCUT2D eigenvalue weighted by Crippen LogP contribution is 2.59. The molecule has 4 aromatic rings. The molecule has 4 heterocycles. The van der Waals surface area contributed by atoms with Crippen molar-refractivity contribution in [3.63, 3.8) is 0 Å². The quantitative estimate of drug-likeness (QED) is 0.439. The van der Waals surface area contributed by atoms with Crippen LogP contribution in [0.4, 0.5) is 11.6 Å². The number of benzene rings is 1. The molecule has 9 nitrogen and oxygen atoms in total. The highest BCUT2D eigenvalue weighted by atomic mass is 16.8. The predicted molar refractivity (Wildman–Crippen MR) is 136 cm³/mol. The van der Waals surface area contributed by atoms with Crippen LogP contribution in [0.3, 0.4) is 0 Å². The lowest BCUT2D eigenvalue weighted by Crippen LogP contribution is -2.44. The topological polar surface area (TPSA) is 138 Å². The zero-order valence-corrected chi connectivity index (χ0v) is 20.7. The van der Waals surface area contributed by atoms with Crippen LogP contribution in [0, 0.1) is 16.7 Å². The second-order valence-corrected chi connectivity index (χ2v) is 10.7. The Bertz CT molecular complexity index is 1560. The first kappa shape index (κ1) is 22.7. The summed E-state index contributed by atoms with van der Waals surface area (Å²) in [6.07, 6.45) is 6.83. The van der Waals surface area contributed by atoms with Gasteiger partial charge >= 0.3 is 0 Å². The van der Waals surface area contributed by atoms with E-state index >= 15 is 0 Å². The molecule has 1 aliphatic heterocycles. The van der Waals surface area contributed by atoms with Gasteiger partial charge in [-0.05, 0) is 68.7 Å². The Morgan fingerprint density at radius 1 is 1.11 bits per heavy atom. The Balaban J connectivity index is 1.32. The lowest BCUT2D eigenvalue weighted by molar-refractivity contribution is -0.189. The van der Waals surface area contributed by atoms with Crippen molar-refractivity contribution in [1.82, 2.24) is 19.5 Å². The molecule has 36 heavy (non-hydrogen) atoms. The van der Waals surface area contributed by atoms with Crippen LogP contribution >= 0.6 is 0 Å². The zero-order chi connectivity index (χ0) is 25.3. The average molecular weight is 484 g/mol. The molecule has 9 heteroatoms. The molecule has 0 bridgehead atoms. The van der Waals surface area contributed by atoms with Crippen LogP contribution < -0.4 is 11.5 Å². The van der Waals surface area contributed by atoms with E-state index in [1.54, 1.807) is 6.07 Å². The molecule has 4 N–H and O–H groups in total. The minimum Gasteiger partial charge on any atom is -0.383 e. The standard InChI is InChI=1S/C27H29N7O2/c1-25(2)35-24-26(3,8-6-16-4-5-17-13-18(14-28)21(29)33-20(17)12-16)9-10-27(24,36-25)34-11-7-19-22(30)31-15-32-23(19)34/h4-5,7,11-13,15,24H,6,8-10H2,1-3H3,(H2,29,33)(H2,30,31,32)/t24-,26+,27-/m1/s1. The summed E-state index contributed by atoms with van der Waals surface area (Å²) in [5.74, 6) is -0.0143. The molecule has 1 aromatic carbocycles. The van der Waals surface area contributed by atoms with Gasteiger partial charge in [-0.1, -0.05) is 19.1 Å². The van der Waals surface area contributed by atoms with E-state index in [0.717, 1.165) is 47.6 Å². The number of pyridine rings is 1. The zero-order valence-electron chi connectivity index (χ0n) is 20.7. The minimum atomic E-state index is -0.732. The van der Waals surface area contributed by atoms with Gasteiger partial charge in [-0.3, -0.25) is 0 Å². The maximum atomic E-state index is 9.23. The molecule has 0 amide bonds. The summed E-state index contributed by atoms with van der Waals surface area (Å²) >= 11 is 0. The molecule has 0 unspecified atom stereocenters. The van der Waals surface area contributed by atoms with E-state index in [4.69, 9.17) is 20.9 Å². The van der Waals surface area contributed by atoms with Crippen molar-refractivity contribution in [2.45, 2.75) is 64.1 Å². The van der Waals surface area contributed by atoms with Crippen molar-refractivity contribution in [2.75, 3.05) is 11.5 Å². The van der Waals surface area contributed by atoms with Gasteiger partial charge in [0.15, 0.2) is 11.5 Å². The maximum Gasteiger partial charge on any atom is 0.176 e. The summed E-state index contributed by atoms with van der Waals surface area (Å²) in [6.45, 7) is 6.23. The summed E-state index contributed by atoms with van der Waals surface area (Å²) in [5.41, 5.74) is 14.4. The first-order valence-corrected chi connectivity index (χ1v) is 12.2. The van der Waals surface area contributed by atoms with Gasteiger partial charge in [-0.15, -0.1) is 0 Å². The number of nitrogens with two attached hydrogens (primary N) is 2. The van der Waals surface area contributed by atoms with Gasteiger partial charge in [0.1, 0.15) is 35.8 Å². The molecular formula is C27H29N7O2. The third kappa shape index (κ3) is 3.33. The molecule has 6 rings (SSSR count). The number of anilines is 2. The van der Waals surface area contributed by atoms with Crippen LogP contribution in [-0.2, 0) is 21.6 Å². The largest absolute Gasteiger partial charge is 0.383 e. The number of aromatic nitrogens is 4. The monoisotopic (exact) mass is 483 g/mol. The number of hydrogen-bond donors (Lipinski definition) is 2. The molecule has 0 spiro atoms. The molecular weight excluding hydrogens is 454 g/mol. The van der Waals surface area contributed by atoms with Gasteiger partial charge < -0.3 is 25.5 Å². The van der Waals surface area contributed by atoms with Crippen molar-refractivity contribution >= 4 is 33.6 Å². The highest BCUT2D eigenvalue weighted by Gasteiger charge is 2.65. The predicted octanol–water partition coefficient (Wildman–Crippen LogP) is 4.25. The van der Waals surface area contributed by atoms with E-state index in [1.165, 1.54) is 11.9 Å². The second kappa shape index (κ2) is 7.63. The van der Waals surface area contributed by atoms with E-state index in [0.29, 0.717) is 11.4 Å².